The lowest BCUT2D eigenvalue weighted by Gasteiger charge is -2.15. The van der Waals surface area contributed by atoms with Crippen molar-refractivity contribution >= 4 is 33.3 Å². The minimum Gasteiger partial charge on any atom is -0.322 e. The minimum absolute atomic E-state index is 0.0241. The average molecular weight is 481 g/mol. The Morgan fingerprint density at radius 3 is 2.18 bits per heavy atom. The van der Waals surface area contributed by atoms with Crippen molar-refractivity contribution in [2.75, 3.05) is 5.32 Å². The number of hydrogen-bond donors (Lipinski definition) is 1. The fourth-order valence-electron chi connectivity index (χ4n) is 3.11. The van der Waals surface area contributed by atoms with Gasteiger partial charge in [0.1, 0.15) is 15.4 Å². The smallest absolute Gasteiger partial charge is 0.322 e. The van der Waals surface area contributed by atoms with E-state index in [0.29, 0.717) is 22.7 Å². The average Bonchev–Trinajstić information content (AvgIpc) is 3.18. The van der Waals surface area contributed by atoms with Gasteiger partial charge in [0.25, 0.3) is 5.91 Å². The van der Waals surface area contributed by atoms with Gasteiger partial charge < -0.3 is 5.32 Å². The molecule has 0 aliphatic carbocycles. The van der Waals surface area contributed by atoms with Crippen molar-refractivity contribution in [2.45, 2.75) is 19.3 Å². The summed E-state index contributed by atoms with van der Waals surface area (Å²) in [5.74, 6) is -1.09. The van der Waals surface area contributed by atoms with E-state index in [9.17, 15) is 31.1 Å². The minimum atomic E-state index is -5.04. The number of aryl methyl sites for hydroxylation is 1. The fraction of sp³-hybridized carbons (Fsp3) is 0.136. The normalized spacial score (nSPS) is 12.2. The number of rotatable bonds is 3. The van der Waals surface area contributed by atoms with Crippen LogP contribution in [-0.2, 0) is 12.4 Å². The quantitative estimate of drug-likeness (QED) is 0.322. The number of anilines is 1. The number of pyridine rings is 1. The third-order valence-electron chi connectivity index (χ3n) is 4.74. The van der Waals surface area contributed by atoms with Crippen molar-refractivity contribution in [3.63, 3.8) is 0 Å². The summed E-state index contributed by atoms with van der Waals surface area (Å²) in [5.41, 5.74) is -1.62. The molecule has 2 aromatic carbocycles. The van der Waals surface area contributed by atoms with E-state index in [-0.39, 0.29) is 11.8 Å². The van der Waals surface area contributed by atoms with Crippen LogP contribution < -0.4 is 5.32 Å². The second kappa shape index (κ2) is 8.14. The highest BCUT2D eigenvalue weighted by Gasteiger charge is 2.37. The highest BCUT2D eigenvalue weighted by molar-refractivity contribution is 7.21. The summed E-state index contributed by atoms with van der Waals surface area (Å²) in [7, 11) is 0. The number of hydrogen-bond acceptors (Lipinski definition) is 4. The molecule has 4 rings (SSSR count). The van der Waals surface area contributed by atoms with E-state index in [1.54, 1.807) is 31.3 Å². The lowest BCUT2D eigenvalue weighted by molar-refractivity contribution is -0.143. The predicted octanol–water partition coefficient (Wildman–Crippen LogP) is 6.96. The molecular formula is C22H13F6N3OS. The van der Waals surface area contributed by atoms with Crippen LogP contribution in [-0.4, -0.2) is 15.9 Å². The third kappa shape index (κ3) is 4.82. The van der Waals surface area contributed by atoms with E-state index in [1.807, 2.05) is 6.07 Å². The Labute approximate surface area is 186 Å². The molecule has 33 heavy (non-hydrogen) atoms. The number of nitrogens with one attached hydrogen (secondary N) is 1. The Balaban J connectivity index is 1.63. The van der Waals surface area contributed by atoms with Gasteiger partial charge in [0.2, 0.25) is 0 Å². The van der Waals surface area contributed by atoms with Gasteiger partial charge in [-0.1, -0.05) is 11.3 Å². The molecule has 0 aliphatic heterocycles. The molecule has 1 amide bonds. The van der Waals surface area contributed by atoms with Crippen LogP contribution in [0, 0.1) is 6.92 Å². The topological polar surface area (TPSA) is 54.9 Å². The van der Waals surface area contributed by atoms with Crippen molar-refractivity contribution in [3.8, 4) is 10.6 Å². The summed E-state index contributed by atoms with van der Waals surface area (Å²) in [4.78, 5) is 22.0. The van der Waals surface area contributed by atoms with Crippen LogP contribution in [0.3, 0.4) is 0 Å². The molecule has 0 spiro atoms. The molecule has 0 unspecified atom stereocenters. The molecule has 0 aliphatic rings. The number of carbonyl (C=O) groups is 1. The third-order valence-corrected chi connectivity index (χ3v) is 5.77. The van der Waals surface area contributed by atoms with Gasteiger partial charge in [-0.3, -0.25) is 4.79 Å². The van der Waals surface area contributed by atoms with Gasteiger partial charge in [-0.25, -0.2) is 9.97 Å². The van der Waals surface area contributed by atoms with Crippen molar-refractivity contribution in [2.24, 2.45) is 0 Å². The Kier molecular flexibility index (Phi) is 5.61. The van der Waals surface area contributed by atoms with Crippen molar-refractivity contribution in [1.29, 1.82) is 0 Å². The predicted molar refractivity (Wildman–Crippen MR) is 112 cm³/mol. The monoisotopic (exact) mass is 481 g/mol. The molecule has 4 nitrogen and oxygen atoms in total. The van der Waals surface area contributed by atoms with Crippen LogP contribution in [0.25, 0.3) is 20.9 Å². The van der Waals surface area contributed by atoms with E-state index in [2.05, 4.69) is 15.3 Å². The molecule has 0 saturated heterocycles. The van der Waals surface area contributed by atoms with Crippen LogP contribution in [0.5, 0.6) is 0 Å². The maximum Gasteiger partial charge on any atom is 0.416 e. The second-order valence-electron chi connectivity index (χ2n) is 7.13. The van der Waals surface area contributed by atoms with Crippen LogP contribution >= 0.6 is 11.3 Å². The molecule has 170 valence electrons. The van der Waals surface area contributed by atoms with E-state index in [4.69, 9.17) is 0 Å². The summed E-state index contributed by atoms with van der Waals surface area (Å²) >= 11 is 1.36. The SMILES string of the molecule is Cc1cc(-c2nc3cccnc3s2)ccc1NC(=O)c1cc(C(F)(F)F)cc(C(F)(F)F)c1. The summed E-state index contributed by atoms with van der Waals surface area (Å²) < 4.78 is 78.4. The number of amides is 1. The first-order valence-corrected chi connectivity index (χ1v) is 10.2. The van der Waals surface area contributed by atoms with Gasteiger partial charge in [0.15, 0.2) is 0 Å². The molecule has 0 saturated carbocycles. The standard InChI is InChI=1S/C22H13F6N3OS/c1-11-7-12(19-31-17-3-2-6-29-20(17)33-19)4-5-16(11)30-18(32)13-8-14(21(23,24)25)10-15(9-13)22(26,27)28/h2-10H,1H3,(H,30,32). The zero-order valence-electron chi connectivity index (χ0n) is 16.7. The zero-order chi connectivity index (χ0) is 24.0. The summed E-state index contributed by atoms with van der Waals surface area (Å²) in [6, 6.07) is 9.20. The lowest BCUT2D eigenvalue weighted by atomic mass is 10.0. The maximum absolute atomic E-state index is 13.1. The van der Waals surface area contributed by atoms with Crippen LogP contribution in [0.15, 0.2) is 54.7 Å². The van der Waals surface area contributed by atoms with Crippen molar-refractivity contribution in [1.82, 2.24) is 9.97 Å². The molecule has 1 N–H and O–H groups in total. The number of alkyl halides is 6. The molecule has 11 heteroatoms. The highest BCUT2D eigenvalue weighted by Crippen LogP contribution is 2.37. The lowest BCUT2D eigenvalue weighted by Crippen LogP contribution is -2.17. The van der Waals surface area contributed by atoms with Crippen LogP contribution in [0.4, 0.5) is 32.0 Å². The van der Waals surface area contributed by atoms with Crippen molar-refractivity contribution in [3.05, 3.63) is 77.0 Å². The van der Waals surface area contributed by atoms with E-state index in [0.717, 1.165) is 15.9 Å². The van der Waals surface area contributed by atoms with Gasteiger partial charge in [-0.2, -0.15) is 26.3 Å². The molecule has 4 aromatic rings. The highest BCUT2D eigenvalue weighted by atomic mass is 32.1. The fourth-order valence-corrected chi connectivity index (χ4v) is 4.01. The second-order valence-corrected chi connectivity index (χ2v) is 8.10. The Morgan fingerprint density at radius 1 is 0.939 bits per heavy atom. The summed E-state index contributed by atoms with van der Waals surface area (Å²) in [6.45, 7) is 1.65. The molecule has 0 radical (unpaired) electrons. The van der Waals surface area contributed by atoms with Gasteiger partial charge >= 0.3 is 12.4 Å². The largest absolute Gasteiger partial charge is 0.416 e. The number of benzene rings is 2. The zero-order valence-corrected chi connectivity index (χ0v) is 17.5. The number of halogens is 6. The summed E-state index contributed by atoms with van der Waals surface area (Å²) in [5, 5.41) is 3.06. The van der Waals surface area contributed by atoms with E-state index >= 15 is 0 Å². The molecule has 0 atom stereocenters. The van der Waals surface area contributed by atoms with E-state index < -0.39 is 35.0 Å². The van der Waals surface area contributed by atoms with Crippen molar-refractivity contribution < 1.29 is 31.1 Å². The Bertz CT molecular complexity index is 1300. The van der Waals surface area contributed by atoms with Gasteiger partial charge in [-0.15, -0.1) is 0 Å². The molecule has 0 bridgehead atoms. The number of fused-ring (bicyclic) bond motifs is 1. The Hall–Kier alpha value is -3.47. The first-order chi connectivity index (χ1) is 15.4. The van der Waals surface area contributed by atoms with Gasteiger partial charge in [-0.05, 0) is 61.0 Å². The summed E-state index contributed by atoms with van der Waals surface area (Å²) in [6.07, 6.45) is -8.44. The number of nitrogens with zero attached hydrogens (tertiary/aromatic N) is 2. The van der Waals surface area contributed by atoms with Crippen LogP contribution in [0.1, 0.15) is 27.0 Å². The maximum atomic E-state index is 13.1. The Morgan fingerprint density at radius 2 is 1.61 bits per heavy atom. The van der Waals surface area contributed by atoms with Gasteiger partial charge in [0, 0.05) is 23.0 Å². The number of aromatic nitrogens is 2. The molecule has 2 aromatic heterocycles. The molecule has 2 heterocycles. The first kappa shape index (κ1) is 22.7. The van der Waals surface area contributed by atoms with E-state index in [1.165, 1.54) is 17.4 Å². The van der Waals surface area contributed by atoms with Gasteiger partial charge in [0.05, 0.1) is 11.1 Å². The number of thiazole rings is 1. The number of carbonyl (C=O) groups excluding carboxylic acids is 1. The molecular weight excluding hydrogens is 468 g/mol. The first-order valence-electron chi connectivity index (χ1n) is 9.35. The molecule has 0 fully saturated rings. The van der Waals surface area contributed by atoms with Crippen LogP contribution in [0.2, 0.25) is 0 Å².